The van der Waals surface area contributed by atoms with Crippen LogP contribution < -0.4 is 5.32 Å². The third kappa shape index (κ3) is 4.90. The number of hydrogen-bond donors (Lipinski definition) is 1. The second-order valence-corrected chi connectivity index (χ2v) is 9.20. The highest BCUT2D eigenvalue weighted by Crippen LogP contribution is 2.29. The number of carbonyl (C=O) groups is 3. The van der Waals surface area contributed by atoms with Crippen molar-refractivity contribution in [3.05, 3.63) is 17.0 Å². The molecule has 32 heavy (non-hydrogen) atoms. The standard InChI is InChI=1S/C22H36N6O4/c1-14(2)9-19-21(30)26(7-8-32-6)11-17-12-27(22(31)28(17)19)13-20(29)23-10-18-15(3)24-25(5)16(18)4/h14,17,19H,7-13H2,1-6H3,(H,23,29)/t17-,19-/m0/s1. The van der Waals surface area contributed by atoms with Crippen LogP contribution in [0.4, 0.5) is 4.79 Å². The first-order chi connectivity index (χ1) is 15.1. The lowest BCUT2D eigenvalue weighted by molar-refractivity contribution is -0.143. The lowest BCUT2D eigenvalue weighted by Gasteiger charge is -2.42. The Bertz CT molecular complexity index is 867. The normalized spacial score (nSPS) is 21.0. The number of aryl methyl sites for hydroxylation is 2. The van der Waals surface area contributed by atoms with Crippen LogP contribution in [0.1, 0.15) is 37.2 Å². The number of piperazine rings is 1. The predicted molar refractivity (Wildman–Crippen MR) is 119 cm³/mol. The van der Waals surface area contributed by atoms with Crippen LogP contribution >= 0.6 is 0 Å². The largest absolute Gasteiger partial charge is 0.383 e. The van der Waals surface area contributed by atoms with Crippen molar-refractivity contribution in [2.24, 2.45) is 13.0 Å². The molecule has 178 valence electrons. The Balaban J connectivity index is 1.66. The summed E-state index contributed by atoms with van der Waals surface area (Å²) in [6.07, 6.45) is 0.601. The Hall–Kier alpha value is -2.62. The summed E-state index contributed by atoms with van der Waals surface area (Å²) in [7, 11) is 3.48. The van der Waals surface area contributed by atoms with Crippen LogP contribution in [-0.4, -0.2) is 94.3 Å². The summed E-state index contributed by atoms with van der Waals surface area (Å²) < 4.78 is 6.95. The molecule has 1 aromatic heterocycles. The highest BCUT2D eigenvalue weighted by Gasteiger charge is 2.49. The van der Waals surface area contributed by atoms with E-state index in [2.05, 4.69) is 10.4 Å². The Labute approximate surface area is 189 Å². The first kappa shape index (κ1) is 24.0. The van der Waals surface area contributed by atoms with Crippen LogP contribution in [0.25, 0.3) is 0 Å². The zero-order valence-corrected chi connectivity index (χ0v) is 20.1. The third-order valence-corrected chi connectivity index (χ3v) is 6.40. The van der Waals surface area contributed by atoms with E-state index in [1.54, 1.807) is 26.5 Å². The van der Waals surface area contributed by atoms with Gasteiger partial charge < -0.3 is 24.8 Å². The summed E-state index contributed by atoms with van der Waals surface area (Å²) in [5.74, 6) is 0.0149. The van der Waals surface area contributed by atoms with Gasteiger partial charge in [-0.25, -0.2) is 4.79 Å². The number of hydrogen-bond acceptors (Lipinski definition) is 5. The van der Waals surface area contributed by atoms with Crippen LogP contribution in [0.3, 0.4) is 0 Å². The van der Waals surface area contributed by atoms with Gasteiger partial charge in [0.1, 0.15) is 12.6 Å². The quantitative estimate of drug-likeness (QED) is 0.598. The minimum absolute atomic E-state index is 0.0230. The van der Waals surface area contributed by atoms with Crippen molar-refractivity contribution in [1.29, 1.82) is 0 Å². The molecular weight excluding hydrogens is 412 g/mol. The zero-order chi connectivity index (χ0) is 23.6. The maximum Gasteiger partial charge on any atom is 0.321 e. The number of nitrogens with zero attached hydrogens (tertiary/aromatic N) is 5. The van der Waals surface area contributed by atoms with Gasteiger partial charge >= 0.3 is 6.03 Å². The minimum atomic E-state index is -0.494. The van der Waals surface area contributed by atoms with Gasteiger partial charge in [0, 0.05) is 51.6 Å². The number of amides is 4. The molecule has 10 heteroatoms. The number of nitrogens with one attached hydrogen (secondary N) is 1. The van der Waals surface area contributed by atoms with Crippen molar-refractivity contribution in [3.8, 4) is 0 Å². The fourth-order valence-electron chi connectivity index (χ4n) is 4.63. The highest BCUT2D eigenvalue weighted by atomic mass is 16.5. The van der Waals surface area contributed by atoms with Crippen molar-refractivity contribution in [1.82, 2.24) is 29.8 Å². The van der Waals surface area contributed by atoms with Crippen molar-refractivity contribution < 1.29 is 19.1 Å². The number of aromatic nitrogens is 2. The molecule has 0 aliphatic carbocycles. The number of urea groups is 1. The Morgan fingerprint density at radius 1 is 1.22 bits per heavy atom. The van der Waals surface area contributed by atoms with Crippen molar-refractivity contribution in [2.45, 2.75) is 52.7 Å². The van der Waals surface area contributed by atoms with Crippen molar-refractivity contribution in [2.75, 3.05) is 39.9 Å². The molecule has 2 fully saturated rings. The van der Waals surface area contributed by atoms with Crippen molar-refractivity contribution >= 4 is 17.8 Å². The van der Waals surface area contributed by atoms with Crippen LogP contribution in [0.2, 0.25) is 0 Å². The van der Waals surface area contributed by atoms with Gasteiger partial charge in [-0.15, -0.1) is 0 Å². The average Bonchev–Trinajstić information content (AvgIpc) is 3.15. The Morgan fingerprint density at radius 2 is 1.91 bits per heavy atom. The highest BCUT2D eigenvalue weighted by molar-refractivity contribution is 5.91. The van der Waals surface area contributed by atoms with E-state index in [9.17, 15) is 14.4 Å². The first-order valence-electron chi connectivity index (χ1n) is 11.2. The van der Waals surface area contributed by atoms with Crippen LogP contribution in [0, 0.1) is 19.8 Å². The average molecular weight is 449 g/mol. The molecule has 2 saturated heterocycles. The van der Waals surface area contributed by atoms with Crippen LogP contribution in [0.15, 0.2) is 0 Å². The van der Waals surface area contributed by atoms with E-state index in [4.69, 9.17) is 4.74 Å². The molecule has 3 rings (SSSR count). The minimum Gasteiger partial charge on any atom is -0.383 e. The summed E-state index contributed by atoms with van der Waals surface area (Å²) in [4.78, 5) is 44.0. The molecule has 4 amide bonds. The van der Waals surface area contributed by atoms with Gasteiger partial charge in [-0.1, -0.05) is 13.8 Å². The van der Waals surface area contributed by atoms with E-state index in [0.29, 0.717) is 39.2 Å². The molecule has 10 nitrogen and oxygen atoms in total. The van der Waals surface area contributed by atoms with E-state index in [1.807, 2.05) is 34.7 Å². The summed E-state index contributed by atoms with van der Waals surface area (Å²) >= 11 is 0. The molecule has 0 bridgehead atoms. The lowest BCUT2D eigenvalue weighted by Crippen LogP contribution is -2.61. The molecule has 0 spiro atoms. The van der Waals surface area contributed by atoms with Gasteiger partial charge in [0.05, 0.1) is 18.3 Å². The molecule has 3 heterocycles. The van der Waals surface area contributed by atoms with E-state index in [1.165, 1.54) is 0 Å². The second kappa shape index (κ2) is 9.89. The molecule has 1 N–H and O–H groups in total. The molecular formula is C22H36N6O4. The molecule has 0 saturated carbocycles. The molecule has 0 unspecified atom stereocenters. The maximum atomic E-state index is 13.2. The molecule has 0 aromatic carbocycles. The Morgan fingerprint density at radius 3 is 2.50 bits per heavy atom. The SMILES string of the molecule is COCCN1C[C@H]2CN(CC(=O)NCc3c(C)nn(C)c3C)C(=O)N2[C@@H](CC(C)C)C1=O. The number of carbonyl (C=O) groups excluding carboxylic acids is 3. The summed E-state index contributed by atoms with van der Waals surface area (Å²) in [6, 6.07) is -0.840. The number of methoxy groups -OCH3 is 1. The van der Waals surface area contributed by atoms with Gasteiger partial charge in [-0.3, -0.25) is 14.3 Å². The Kier molecular flexibility index (Phi) is 7.43. The smallest absolute Gasteiger partial charge is 0.321 e. The molecule has 2 atom stereocenters. The monoisotopic (exact) mass is 448 g/mol. The summed E-state index contributed by atoms with van der Waals surface area (Å²) in [6.45, 7) is 10.2. The van der Waals surface area contributed by atoms with E-state index >= 15 is 0 Å². The number of rotatable bonds is 9. The molecule has 2 aliphatic rings. The fourth-order valence-corrected chi connectivity index (χ4v) is 4.63. The van der Waals surface area contributed by atoms with Gasteiger partial charge in [-0.05, 0) is 26.2 Å². The van der Waals surface area contributed by atoms with E-state index in [-0.39, 0.29) is 36.3 Å². The van der Waals surface area contributed by atoms with Crippen molar-refractivity contribution in [3.63, 3.8) is 0 Å². The summed E-state index contributed by atoms with van der Waals surface area (Å²) in [5.41, 5.74) is 2.87. The predicted octanol–water partition coefficient (Wildman–Crippen LogP) is 0.663. The molecule has 2 aliphatic heterocycles. The molecule has 0 radical (unpaired) electrons. The second-order valence-electron chi connectivity index (χ2n) is 9.20. The fraction of sp³-hybridized carbons (Fsp3) is 0.727. The maximum absolute atomic E-state index is 13.2. The van der Waals surface area contributed by atoms with Gasteiger partial charge in [0.2, 0.25) is 11.8 Å². The topological polar surface area (TPSA) is 100 Å². The first-order valence-corrected chi connectivity index (χ1v) is 11.2. The van der Waals surface area contributed by atoms with Gasteiger partial charge in [0.25, 0.3) is 0 Å². The zero-order valence-electron chi connectivity index (χ0n) is 20.1. The van der Waals surface area contributed by atoms with Gasteiger partial charge in [-0.2, -0.15) is 5.10 Å². The van der Waals surface area contributed by atoms with E-state index < -0.39 is 6.04 Å². The summed E-state index contributed by atoms with van der Waals surface area (Å²) in [5, 5.41) is 7.28. The van der Waals surface area contributed by atoms with E-state index in [0.717, 1.165) is 17.0 Å². The number of fused-ring (bicyclic) bond motifs is 1. The lowest BCUT2D eigenvalue weighted by atomic mass is 9.97. The van der Waals surface area contributed by atoms with Crippen LogP contribution in [-0.2, 0) is 27.9 Å². The molecule has 1 aromatic rings. The van der Waals surface area contributed by atoms with Gasteiger partial charge in [0.15, 0.2) is 0 Å². The third-order valence-electron chi connectivity index (χ3n) is 6.40. The van der Waals surface area contributed by atoms with Crippen LogP contribution in [0.5, 0.6) is 0 Å². The number of ether oxygens (including phenoxy) is 1.